The molecule has 1 fully saturated rings. The number of esters is 1. The summed E-state index contributed by atoms with van der Waals surface area (Å²) >= 11 is 0. The van der Waals surface area contributed by atoms with Crippen LogP contribution >= 0.6 is 0 Å². The standard InChI is InChI=1S/C15H23NO4/c1-3-4-10-16-11-6-5-7-12(17)15(11)13(18)8-9-14(19)20-2/h18H,3-10H2,1-2H3. The van der Waals surface area contributed by atoms with Crippen molar-refractivity contribution in [3.05, 3.63) is 11.3 Å². The number of ether oxygens (including phenoxy) is 1. The first kappa shape index (κ1) is 16.4. The second kappa shape index (κ2) is 8.51. The number of nitrogens with zero attached hydrogens (tertiary/aromatic N) is 1. The molecule has 0 aromatic heterocycles. The summed E-state index contributed by atoms with van der Waals surface area (Å²) in [6.45, 7) is 2.75. The van der Waals surface area contributed by atoms with Crippen molar-refractivity contribution in [1.82, 2.24) is 0 Å². The minimum atomic E-state index is -0.398. The summed E-state index contributed by atoms with van der Waals surface area (Å²) in [5.74, 6) is -0.505. The highest BCUT2D eigenvalue weighted by Gasteiger charge is 2.25. The molecule has 5 nitrogen and oxygen atoms in total. The molecule has 0 aromatic carbocycles. The second-order valence-corrected chi connectivity index (χ2v) is 4.86. The van der Waals surface area contributed by atoms with Crippen LogP contribution in [0.2, 0.25) is 0 Å². The number of unbranched alkanes of at least 4 members (excludes halogenated alkanes) is 1. The second-order valence-electron chi connectivity index (χ2n) is 4.86. The molecule has 0 aromatic rings. The summed E-state index contributed by atoms with van der Waals surface area (Å²) in [5.41, 5.74) is 1.02. The smallest absolute Gasteiger partial charge is 0.305 e. The van der Waals surface area contributed by atoms with Crippen LogP contribution in [0.3, 0.4) is 0 Å². The van der Waals surface area contributed by atoms with Crippen molar-refractivity contribution in [1.29, 1.82) is 0 Å². The molecule has 1 aliphatic carbocycles. The predicted octanol–water partition coefficient (Wildman–Crippen LogP) is 2.75. The van der Waals surface area contributed by atoms with E-state index in [2.05, 4.69) is 16.7 Å². The minimum Gasteiger partial charge on any atom is -0.511 e. The van der Waals surface area contributed by atoms with Crippen molar-refractivity contribution >= 4 is 17.5 Å². The number of allylic oxidation sites excluding steroid dienone is 2. The third-order valence-corrected chi connectivity index (χ3v) is 3.28. The molecule has 0 saturated heterocycles. The van der Waals surface area contributed by atoms with Crippen LogP contribution in [0.5, 0.6) is 0 Å². The van der Waals surface area contributed by atoms with Crippen molar-refractivity contribution < 1.29 is 19.4 Å². The summed E-state index contributed by atoms with van der Waals surface area (Å²) in [6, 6.07) is 0. The van der Waals surface area contributed by atoms with Crippen LogP contribution in [-0.4, -0.2) is 36.2 Å². The largest absolute Gasteiger partial charge is 0.511 e. The van der Waals surface area contributed by atoms with Gasteiger partial charge in [-0.3, -0.25) is 14.6 Å². The van der Waals surface area contributed by atoms with E-state index in [1.165, 1.54) is 7.11 Å². The molecule has 112 valence electrons. The van der Waals surface area contributed by atoms with Gasteiger partial charge in [0.2, 0.25) is 0 Å². The lowest BCUT2D eigenvalue weighted by Gasteiger charge is -2.17. The highest BCUT2D eigenvalue weighted by Crippen LogP contribution is 2.22. The molecule has 1 rings (SSSR count). The fourth-order valence-electron chi connectivity index (χ4n) is 2.13. The fraction of sp³-hybridized carbons (Fsp3) is 0.667. The summed E-state index contributed by atoms with van der Waals surface area (Å²) in [5, 5.41) is 10.1. The monoisotopic (exact) mass is 281 g/mol. The van der Waals surface area contributed by atoms with Gasteiger partial charge in [-0.2, -0.15) is 0 Å². The van der Waals surface area contributed by atoms with E-state index in [0.29, 0.717) is 30.7 Å². The van der Waals surface area contributed by atoms with Gasteiger partial charge in [-0.05, 0) is 19.3 Å². The maximum absolute atomic E-state index is 12.0. The Hall–Kier alpha value is -1.65. The summed E-state index contributed by atoms with van der Waals surface area (Å²) in [7, 11) is 1.30. The fourth-order valence-corrected chi connectivity index (χ4v) is 2.13. The number of aliphatic imine (C=N–C) groups is 1. The number of aliphatic hydroxyl groups excluding tert-OH is 1. The Morgan fingerprint density at radius 3 is 2.75 bits per heavy atom. The highest BCUT2D eigenvalue weighted by molar-refractivity contribution is 6.24. The van der Waals surface area contributed by atoms with Crippen LogP contribution < -0.4 is 0 Å². The quantitative estimate of drug-likeness (QED) is 0.351. The lowest BCUT2D eigenvalue weighted by atomic mass is 9.89. The number of rotatable bonds is 6. The maximum Gasteiger partial charge on any atom is 0.305 e. The van der Waals surface area contributed by atoms with Crippen LogP contribution in [0.1, 0.15) is 51.9 Å². The van der Waals surface area contributed by atoms with Crippen LogP contribution in [0.15, 0.2) is 16.3 Å². The summed E-state index contributed by atoms with van der Waals surface area (Å²) < 4.78 is 4.53. The summed E-state index contributed by atoms with van der Waals surface area (Å²) in [6.07, 6.45) is 4.13. The number of carbonyl (C=O) groups is 2. The number of ketones is 1. The minimum absolute atomic E-state index is 0.0321. The Labute approximate surface area is 119 Å². The molecular formula is C15H23NO4. The highest BCUT2D eigenvalue weighted by atomic mass is 16.5. The van der Waals surface area contributed by atoms with Gasteiger partial charge in [-0.1, -0.05) is 13.3 Å². The predicted molar refractivity (Wildman–Crippen MR) is 77.0 cm³/mol. The van der Waals surface area contributed by atoms with Gasteiger partial charge in [-0.25, -0.2) is 0 Å². The van der Waals surface area contributed by atoms with Crippen molar-refractivity contribution in [2.75, 3.05) is 13.7 Å². The first-order valence-corrected chi connectivity index (χ1v) is 7.16. The van der Waals surface area contributed by atoms with Crippen molar-refractivity contribution in [3.63, 3.8) is 0 Å². The normalized spacial score (nSPS) is 20.1. The van der Waals surface area contributed by atoms with E-state index in [0.717, 1.165) is 19.3 Å². The Balaban J connectivity index is 2.84. The van der Waals surface area contributed by atoms with E-state index in [1.54, 1.807) is 0 Å². The van der Waals surface area contributed by atoms with Crippen LogP contribution in [-0.2, 0) is 14.3 Å². The van der Waals surface area contributed by atoms with Gasteiger partial charge in [0.25, 0.3) is 0 Å². The first-order chi connectivity index (χ1) is 9.60. The molecule has 20 heavy (non-hydrogen) atoms. The van der Waals surface area contributed by atoms with Crippen LogP contribution in [0.4, 0.5) is 0 Å². The number of hydrogen-bond acceptors (Lipinski definition) is 5. The molecule has 0 spiro atoms. The average Bonchev–Trinajstić information content (AvgIpc) is 2.44. The zero-order chi connectivity index (χ0) is 15.0. The number of aliphatic hydroxyl groups is 1. The van der Waals surface area contributed by atoms with Gasteiger partial charge in [0.05, 0.1) is 19.1 Å². The summed E-state index contributed by atoms with van der Waals surface area (Å²) in [4.78, 5) is 27.5. The van der Waals surface area contributed by atoms with Gasteiger partial charge < -0.3 is 9.84 Å². The van der Waals surface area contributed by atoms with E-state index in [9.17, 15) is 14.7 Å². The van der Waals surface area contributed by atoms with Gasteiger partial charge in [0.15, 0.2) is 5.78 Å². The number of methoxy groups -OCH3 is 1. The Kier molecular flexibility index (Phi) is 6.98. The Morgan fingerprint density at radius 1 is 1.35 bits per heavy atom. The van der Waals surface area contributed by atoms with Crippen molar-refractivity contribution in [3.8, 4) is 0 Å². The van der Waals surface area contributed by atoms with E-state index in [4.69, 9.17) is 0 Å². The molecule has 0 radical (unpaired) electrons. The van der Waals surface area contributed by atoms with Crippen molar-refractivity contribution in [2.45, 2.75) is 51.9 Å². The maximum atomic E-state index is 12.0. The lowest BCUT2D eigenvalue weighted by Crippen LogP contribution is -2.22. The zero-order valence-electron chi connectivity index (χ0n) is 12.3. The Bertz CT molecular complexity index is 424. The number of carbonyl (C=O) groups excluding carboxylic acids is 2. The lowest BCUT2D eigenvalue weighted by molar-refractivity contribution is -0.140. The molecule has 0 bridgehead atoms. The molecule has 5 heteroatoms. The third-order valence-electron chi connectivity index (χ3n) is 3.28. The van der Waals surface area contributed by atoms with Gasteiger partial charge >= 0.3 is 5.97 Å². The van der Waals surface area contributed by atoms with Crippen LogP contribution in [0.25, 0.3) is 0 Å². The SMILES string of the molecule is CCCCN=C1CCCC(=O)C1=C(O)CCC(=O)OC. The van der Waals surface area contributed by atoms with Crippen molar-refractivity contribution in [2.24, 2.45) is 4.99 Å². The third kappa shape index (κ3) is 4.79. The molecular weight excluding hydrogens is 258 g/mol. The van der Waals surface area contributed by atoms with E-state index in [1.807, 2.05) is 0 Å². The molecule has 0 amide bonds. The molecule has 0 aliphatic heterocycles. The van der Waals surface area contributed by atoms with E-state index < -0.39 is 5.97 Å². The average molecular weight is 281 g/mol. The molecule has 0 heterocycles. The Morgan fingerprint density at radius 2 is 2.10 bits per heavy atom. The van der Waals surface area contributed by atoms with Gasteiger partial charge in [0.1, 0.15) is 5.76 Å². The van der Waals surface area contributed by atoms with E-state index in [-0.39, 0.29) is 24.4 Å². The number of hydrogen-bond donors (Lipinski definition) is 1. The molecule has 1 N–H and O–H groups in total. The molecule has 0 unspecified atom stereocenters. The zero-order valence-corrected chi connectivity index (χ0v) is 12.3. The topological polar surface area (TPSA) is 76.0 Å². The first-order valence-electron chi connectivity index (χ1n) is 7.16. The molecule has 1 saturated carbocycles. The van der Waals surface area contributed by atoms with E-state index >= 15 is 0 Å². The number of Topliss-reactive ketones (excluding diaryl/α,β-unsaturated/α-hetero) is 1. The van der Waals surface area contributed by atoms with Gasteiger partial charge in [0, 0.05) is 25.1 Å². The molecule has 1 aliphatic rings. The van der Waals surface area contributed by atoms with Crippen LogP contribution in [0, 0.1) is 0 Å². The van der Waals surface area contributed by atoms with Gasteiger partial charge in [-0.15, -0.1) is 0 Å². The molecule has 0 atom stereocenters.